The molecule has 3 aromatic rings. The van der Waals surface area contributed by atoms with Crippen molar-refractivity contribution in [2.75, 3.05) is 7.11 Å². The van der Waals surface area contributed by atoms with Gasteiger partial charge >= 0.3 is 11.9 Å². The number of benzene rings is 3. The highest BCUT2D eigenvalue weighted by Crippen LogP contribution is 2.28. The van der Waals surface area contributed by atoms with Gasteiger partial charge < -0.3 is 9.47 Å². The Morgan fingerprint density at radius 1 is 0.893 bits per heavy atom. The van der Waals surface area contributed by atoms with Crippen molar-refractivity contribution in [3.8, 4) is 16.9 Å². The van der Waals surface area contributed by atoms with E-state index in [0.29, 0.717) is 5.56 Å². The third-order valence-corrected chi connectivity index (χ3v) is 4.01. The van der Waals surface area contributed by atoms with Crippen molar-refractivity contribution in [1.82, 2.24) is 0 Å². The molecule has 0 aliphatic heterocycles. The Morgan fingerprint density at radius 3 is 2.18 bits per heavy atom. The summed E-state index contributed by atoms with van der Waals surface area (Å²) < 4.78 is 10.1. The first-order valence-corrected chi connectivity index (χ1v) is 8.24. The second-order valence-corrected chi connectivity index (χ2v) is 5.76. The number of non-ortho nitro benzene ring substituents is 1. The summed E-state index contributed by atoms with van der Waals surface area (Å²) in [6.07, 6.45) is 0. The Kier molecular flexibility index (Phi) is 5.45. The fourth-order valence-electron chi connectivity index (χ4n) is 2.62. The molecule has 0 fully saturated rings. The average molecular weight is 377 g/mol. The van der Waals surface area contributed by atoms with Gasteiger partial charge in [0.15, 0.2) is 0 Å². The van der Waals surface area contributed by atoms with E-state index in [1.807, 2.05) is 30.3 Å². The molecule has 140 valence electrons. The minimum Gasteiger partial charge on any atom is -0.465 e. The van der Waals surface area contributed by atoms with Crippen LogP contribution in [-0.4, -0.2) is 24.0 Å². The first-order valence-electron chi connectivity index (χ1n) is 8.24. The van der Waals surface area contributed by atoms with E-state index in [-0.39, 0.29) is 22.6 Å². The van der Waals surface area contributed by atoms with E-state index in [1.54, 1.807) is 12.1 Å². The van der Waals surface area contributed by atoms with Crippen LogP contribution in [0, 0.1) is 10.1 Å². The first-order chi connectivity index (χ1) is 13.5. The molecule has 0 heterocycles. The van der Waals surface area contributed by atoms with Crippen molar-refractivity contribution >= 4 is 17.6 Å². The molecule has 0 unspecified atom stereocenters. The number of rotatable bonds is 5. The number of ether oxygens (including phenoxy) is 2. The SMILES string of the molecule is COC(=O)c1cc(OC(=O)c2ccc([N+](=O)[O-])cc2)ccc1-c1ccccc1. The van der Waals surface area contributed by atoms with Crippen molar-refractivity contribution in [3.63, 3.8) is 0 Å². The zero-order chi connectivity index (χ0) is 20.1. The molecule has 3 rings (SSSR count). The highest BCUT2D eigenvalue weighted by Gasteiger charge is 2.17. The maximum absolute atomic E-state index is 12.3. The molecule has 28 heavy (non-hydrogen) atoms. The van der Waals surface area contributed by atoms with Crippen molar-refractivity contribution in [3.05, 3.63) is 94.0 Å². The normalized spacial score (nSPS) is 10.2. The molecule has 0 amide bonds. The molecule has 0 saturated carbocycles. The molecule has 7 nitrogen and oxygen atoms in total. The van der Waals surface area contributed by atoms with Gasteiger partial charge in [0.25, 0.3) is 5.69 Å². The Morgan fingerprint density at radius 2 is 1.57 bits per heavy atom. The number of nitro groups is 1. The van der Waals surface area contributed by atoms with Crippen LogP contribution in [0.5, 0.6) is 5.75 Å². The first kappa shape index (κ1) is 18.8. The van der Waals surface area contributed by atoms with Crippen LogP contribution in [0.3, 0.4) is 0 Å². The number of carbonyl (C=O) groups excluding carboxylic acids is 2. The average Bonchev–Trinajstić information content (AvgIpc) is 2.73. The van der Waals surface area contributed by atoms with Gasteiger partial charge in [0.05, 0.1) is 23.2 Å². The number of carbonyl (C=O) groups is 2. The van der Waals surface area contributed by atoms with Crippen LogP contribution in [0.15, 0.2) is 72.8 Å². The van der Waals surface area contributed by atoms with Gasteiger partial charge in [-0.15, -0.1) is 0 Å². The molecule has 0 atom stereocenters. The van der Waals surface area contributed by atoms with Crippen LogP contribution in [-0.2, 0) is 4.74 Å². The molecular weight excluding hydrogens is 362 g/mol. The Labute approximate surface area is 160 Å². The summed E-state index contributed by atoms with van der Waals surface area (Å²) in [7, 11) is 1.27. The highest BCUT2D eigenvalue weighted by atomic mass is 16.6. The lowest BCUT2D eigenvalue weighted by Crippen LogP contribution is -2.10. The number of hydrogen-bond acceptors (Lipinski definition) is 6. The molecule has 0 N–H and O–H groups in total. The predicted molar refractivity (Wildman–Crippen MR) is 101 cm³/mol. The van der Waals surface area contributed by atoms with Crippen molar-refractivity contribution in [2.24, 2.45) is 0 Å². The van der Waals surface area contributed by atoms with E-state index >= 15 is 0 Å². The van der Waals surface area contributed by atoms with Crippen molar-refractivity contribution in [1.29, 1.82) is 0 Å². The van der Waals surface area contributed by atoms with Gasteiger partial charge in [-0.25, -0.2) is 9.59 Å². The van der Waals surface area contributed by atoms with E-state index in [4.69, 9.17) is 9.47 Å². The van der Waals surface area contributed by atoms with Crippen molar-refractivity contribution < 1.29 is 24.0 Å². The molecule has 3 aromatic carbocycles. The lowest BCUT2D eigenvalue weighted by Gasteiger charge is -2.11. The zero-order valence-electron chi connectivity index (χ0n) is 14.8. The van der Waals surface area contributed by atoms with Crippen LogP contribution < -0.4 is 4.74 Å². The number of methoxy groups -OCH3 is 1. The summed E-state index contributed by atoms with van der Waals surface area (Å²) in [5, 5.41) is 10.7. The smallest absolute Gasteiger partial charge is 0.343 e. The predicted octanol–water partition coefficient (Wildman–Crippen LogP) is 4.27. The summed E-state index contributed by atoms with van der Waals surface area (Å²) in [5.41, 5.74) is 1.73. The highest BCUT2D eigenvalue weighted by molar-refractivity contribution is 5.98. The lowest BCUT2D eigenvalue weighted by atomic mass is 9.99. The summed E-state index contributed by atoms with van der Waals surface area (Å²) in [5.74, 6) is -1.10. The molecule has 0 aliphatic rings. The molecule has 0 aliphatic carbocycles. The maximum atomic E-state index is 12.3. The Bertz CT molecular complexity index is 1030. The zero-order valence-corrected chi connectivity index (χ0v) is 14.8. The van der Waals surface area contributed by atoms with Crippen LogP contribution in [0.25, 0.3) is 11.1 Å². The monoisotopic (exact) mass is 377 g/mol. The van der Waals surface area contributed by atoms with E-state index in [9.17, 15) is 19.7 Å². The van der Waals surface area contributed by atoms with E-state index in [0.717, 1.165) is 5.56 Å². The van der Waals surface area contributed by atoms with E-state index in [1.165, 1.54) is 37.4 Å². The van der Waals surface area contributed by atoms with E-state index in [2.05, 4.69) is 0 Å². The maximum Gasteiger partial charge on any atom is 0.343 e. The van der Waals surface area contributed by atoms with Gasteiger partial charge in [-0.05, 0) is 41.5 Å². The molecule has 0 bridgehead atoms. The lowest BCUT2D eigenvalue weighted by molar-refractivity contribution is -0.384. The summed E-state index contributed by atoms with van der Waals surface area (Å²) >= 11 is 0. The number of esters is 2. The van der Waals surface area contributed by atoms with Gasteiger partial charge in [-0.1, -0.05) is 30.3 Å². The minimum absolute atomic E-state index is 0.128. The van der Waals surface area contributed by atoms with Gasteiger partial charge in [0.2, 0.25) is 0 Å². The van der Waals surface area contributed by atoms with Crippen LogP contribution in [0.1, 0.15) is 20.7 Å². The third-order valence-electron chi connectivity index (χ3n) is 4.01. The standard InChI is InChI=1S/C21H15NO6/c1-27-21(24)19-13-17(11-12-18(19)14-5-3-2-4-6-14)28-20(23)15-7-9-16(10-8-15)22(25)26/h2-13H,1H3. The Balaban J connectivity index is 1.89. The fourth-order valence-corrected chi connectivity index (χ4v) is 2.62. The molecule has 0 saturated heterocycles. The largest absolute Gasteiger partial charge is 0.465 e. The number of hydrogen-bond donors (Lipinski definition) is 0. The number of nitro benzene ring substituents is 1. The summed E-state index contributed by atoms with van der Waals surface area (Å²) in [6, 6.07) is 19.0. The van der Waals surface area contributed by atoms with Crippen LogP contribution in [0.4, 0.5) is 5.69 Å². The third kappa shape index (κ3) is 4.04. The fraction of sp³-hybridized carbons (Fsp3) is 0.0476. The van der Waals surface area contributed by atoms with Crippen LogP contribution in [0.2, 0.25) is 0 Å². The van der Waals surface area contributed by atoms with Gasteiger partial charge in [-0.2, -0.15) is 0 Å². The van der Waals surface area contributed by atoms with Crippen molar-refractivity contribution in [2.45, 2.75) is 0 Å². The molecule has 0 radical (unpaired) electrons. The molecule has 0 spiro atoms. The number of nitrogens with zero attached hydrogens (tertiary/aromatic N) is 1. The molecule has 7 heteroatoms. The quantitative estimate of drug-likeness (QED) is 0.285. The molecular formula is C21H15NO6. The van der Waals surface area contributed by atoms with Crippen LogP contribution >= 0.6 is 0 Å². The Hall–Kier alpha value is -4.00. The topological polar surface area (TPSA) is 95.7 Å². The van der Waals surface area contributed by atoms with Gasteiger partial charge in [-0.3, -0.25) is 10.1 Å². The summed E-state index contributed by atoms with van der Waals surface area (Å²) in [6.45, 7) is 0. The second-order valence-electron chi connectivity index (χ2n) is 5.76. The second kappa shape index (κ2) is 8.13. The van der Waals surface area contributed by atoms with Gasteiger partial charge in [0.1, 0.15) is 5.75 Å². The van der Waals surface area contributed by atoms with E-state index < -0.39 is 16.9 Å². The minimum atomic E-state index is -0.696. The van der Waals surface area contributed by atoms with Gasteiger partial charge in [0, 0.05) is 12.1 Å². The molecule has 0 aromatic heterocycles. The summed E-state index contributed by atoms with van der Waals surface area (Å²) in [4.78, 5) is 34.6.